The van der Waals surface area contributed by atoms with E-state index in [1.807, 2.05) is 18.5 Å². The Morgan fingerprint density at radius 3 is 2.30 bits per heavy atom. The highest BCUT2D eigenvalue weighted by atomic mass is 32.1. The van der Waals surface area contributed by atoms with Gasteiger partial charge in [-0.3, -0.25) is 4.68 Å². The molecule has 1 aromatic heterocycles. The van der Waals surface area contributed by atoms with Gasteiger partial charge in [0.1, 0.15) is 5.82 Å². The second-order valence-electron chi connectivity index (χ2n) is 6.62. The molecule has 0 spiro atoms. The Balaban J connectivity index is 1.64. The molecule has 2 aromatic carbocycles. The molecule has 3 rings (SSSR count). The molecule has 4 nitrogen and oxygen atoms in total. The number of aromatic nitrogens is 2. The summed E-state index contributed by atoms with van der Waals surface area (Å²) in [6.07, 6.45) is 0. The van der Waals surface area contributed by atoms with Crippen molar-refractivity contribution in [2.45, 2.75) is 33.9 Å². The minimum Gasteiger partial charge on any atom is -0.358 e. The predicted octanol–water partition coefficient (Wildman–Crippen LogP) is 4.48. The summed E-state index contributed by atoms with van der Waals surface area (Å²) < 4.78 is 14.9. The molecule has 0 saturated carbocycles. The maximum Gasteiger partial charge on any atom is 0.171 e. The third-order valence-electron chi connectivity index (χ3n) is 4.44. The van der Waals surface area contributed by atoms with Crippen molar-refractivity contribution in [2.24, 2.45) is 0 Å². The summed E-state index contributed by atoms with van der Waals surface area (Å²) in [7, 11) is 0. The molecule has 0 bridgehead atoms. The van der Waals surface area contributed by atoms with Crippen molar-refractivity contribution in [1.29, 1.82) is 0 Å². The molecule has 6 heteroatoms. The number of benzene rings is 2. The Labute approximate surface area is 164 Å². The van der Waals surface area contributed by atoms with Crippen LogP contribution in [0.4, 0.5) is 10.1 Å². The Morgan fingerprint density at radius 1 is 1.00 bits per heavy atom. The van der Waals surface area contributed by atoms with Gasteiger partial charge in [0, 0.05) is 6.54 Å². The Kier molecular flexibility index (Phi) is 5.86. The molecule has 140 valence electrons. The molecule has 0 radical (unpaired) electrons. The van der Waals surface area contributed by atoms with E-state index in [0.717, 1.165) is 22.6 Å². The largest absolute Gasteiger partial charge is 0.358 e. The SMILES string of the molecule is Cc1ccc(Cn2nc(C)c(NC(=S)NCc3ccc(F)cc3)c2C)cc1. The lowest BCUT2D eigenvalue weighted by molar-refractivity contribution is 0.627. The van der Waals surface area contributed by atoms with E-state index in [2.05, 4.69) is 46.9 Å². The smallest absolute Gasteiger partial charge is 0.171 e. The van der Waals surface area contributed by atoms with Crippen molar-refractivity contribution in [1.82, 2.24) is 15.1 Å². The summed E-state index contributed by atoms with van der Waals surface area (Å²) >= 11 is 5.40. The van der Waals surface area contributed by atoms with Gasteiger partial charge in [0.15, 0.2) is 5.11 Å². The monoisotopic (exact) mass is 382 g/mol. The molecule has 0 unspecified atom stereocenters. The molecule has 27 heavy (non-hydrogen) atoms. The molecule has 1 heterocycles. The van der Waals surface area contributed by atoms with Gasteiger partial charge in [-0.05, 0) is 56.2 Å². The minimum atomic E-state index is -0.244. The van der Waals surface area contributed by atoms with Gasteiger partial charge in [-0.1, -0.05) is 42.0 Å². The summed E-state index contributed by atoms with van der Waals surface area (Å²) in [6.45, 7) is 7.31. The summed E-state index contributed by atoms with van der Waals surface area (Å²) in [6, 6.07) is 14.8. The molecule has 0 aliphatic carbocycles. The first-order valence-electron chi connectivity index (χ1n) is 8.81. The predicted molar refractivity (Wildman–Crippen MR) is 111 cm³/mol. The van der Waals surface area contributed by atoms with E-state index in [9.17, 15) is 4.39 Å². The van der Waals surface area contributed by atoms with Crippen LogP contribution in [0.5, 0.6) is 0 Å². The molecular weight excluding hydrogens is 359 g/mol. The van der Waals surface area contributed by atoms with E-state index in [1.165, 1.54) is 23.3 Å². The number of thiocarbonyl (C=S) groups is 1. The van der Waals surface area contributed by atoms with Crippen LogP contribution in [0.25, 0.3) is 0 Å². The molecule has 0 saturated heterocycles. The first kappa shape index (κ1) is 19.0. The maximum atomic E-state index is 13.0. The number of hydrogen-bond donors (Lipinski definition) is 2. The Morgan fingerprint density at radius 2 is 1.63 bits per heavy atom. The Hall–Kier alpha value is -2.73. The summed E-state index contributed by atoms with van der Waals surface area (Å²) in [5, 5.41) is 11.5. The second-order valence-corrected chi connectivity index (χ2v) is 7.03. The van der Waals surface area contributed by atoms with Gasteiger partial charge in [-0.2, -0.15) is 5.10 Å². The Bertz CT molecular complexity index is 930. The van der Waals surface area contributed by atoms with Crippen LogP contribution in [0.2, 0.25) is 0 Å². The fourth-order valence-corrected chi connectivity index (χ4v) is 3.01. The molecule has 0 amide bonds. The van der Waals surface area contributed by atoms with Crippen LogP contribution in [0.1, 0.15) is 28.1 Å². The fourth-order valence-electron chi connectivity index (χ4n) is 2.84. The lowest BCUT2D eigenvalue weighted by atomic mass is 10.1. The average Bonchev–Trinajstić information content (AvgIpc) is 2.90. The van der Waals surface area contributed by atoms with E-state index >= 15 is 0 Å². The number of rotatable bonds is 5. The number of halogens is 1. The van der Waals surface area contributed by atoms with E-state index in [1.54, 1.807) is 12.1 Å². The zero-order valence-corrected chi connectivity index (χ0v) is 16.5. The lowest BCUT2D eigenvalue weighted by Gasteiger charge is -2.11. The zero-order chi connectivity index (χ0) is 19.4. The summed E-state index contributed by atoms with van der Waals surface area (Å²) in [4.78, 5) is 0. The molecule has 0 aliphatic rings. The van der Waals surface area contributed by atoms with Crippen molar-refractivity contribution in [3.63, 3.8) is 0 Å². The van der Waals surface area contributed by atoms with Crippen molar-refractivity contribution in [2.75, 3.05) is 5.32 Å². The number of aryl methyl sites for hydroxylation is 2. The second kappa shape index (κ2) is 8.31. The van der Waals surface area contributed by atoms with Gasteiger partial charge < -0.3 is 10.6 Å². The highest BCUT2D eigenvalue weighted by Crippen LogP contribution is 2.20. The molecule has 0 aliphatic heterocycles. The van der Waals surface area contributed by atoms with Gasteiger partial charge in [0.05, 0.1) is 23.6 Å². The third kappa shape index (κ3) is 4.92. The first-order valence-corrected chi connectivity index (χ1v) is 9.22. The van der Waals surface area contributed by atoms with Crippen LogP contribution in [-0.4, -0.2) is 14.9 Å². The van der Waals surface area contributed by atoms with E-state index in [4.69, 9.17) is 12.2 Å². The highest BCUT2D eigenvalue weighted by molar-refractivity contribution is 7.80. The molecular formula is C21H23FN4S. The normalized spacial score (nSPS) is 10.7. The molecule has 0 fully saturated rings. The van der Waals surface area contributed by atoms with Gasteiger partial charge in [-0.25, -0.2) is 4.39 Å². The number of nitrogens with one attached hydrogen (secondary N) is 2. The van der Waals surface area contributed by atoms with Crippen LogP contribution in [-0.2, 0) is 13.1 Å². The third-order valence-corrected chi connectivity index (χ3v) is 4.69. The highest BCUT2D eigenvalue weighted by Gasteiger charge is 2.13. The average molecular weight is 383 g/mol. The first-order chi connectivity index (χ1) is 12.9. The van der Waals surface area contributed by atoms with Crippen LogP contribution in [0, 0.1) is 26.6 Å². The van der Waals surface area contributed by atoms with Crippen molar-refractivity contribution in [3.8, 4) is 0 Å². The van der Waals surface area contributed by atoms with Gasteiger partial charge in [0.25, 0.3) is 0 Å². The minimum absolute atomic E-state index is 0.244. The van der Waals surface area contributed by atoms with Gasteiger partial charge in [-0.15, -0.1) is 0 Å². The number of nitrogens with zero attached hydrogens (tertiary/aromatic N) is 2. The maximum absolute atomic E-state index is 13.0. The van der Waals surface area contributed by atoms with Crippen LogP contribution in [0.15, 0.2) is 48.5 Å². The zero-order valence-electron chi connectivity index (χ0n) is 15.7. The summed E-state index contributed by atoms with van der Waals surface area (Å²) in [5.74, 6) is -0.244. The number of anilines is 1. The van der Waals surface area contributed by atoms with Crippen molar-refractivity contribution in [3.05, 3.63) is 82.4 Å². The van der Waals surface area contributed by atoms with E-state index in [-0.39, 0.29) is 5.82 Å². The van der Waals surface area contributed by atoms with Gasteiger partial charge >= 0.3 is 0 Å². The van der Waals surface area contributed by atoms with Crippen molar-refractivity contribution >= 4 is 23.0 Å². The van der Waals surface area contributed by atoms with Gasteiger partial charge in [0.2, 0.25) is 0 Å². The molecule has 0 atom stereocenters. The van der Waals surface area contributed by atoms with E-state index in [0.29, 0.717) is 18.2 Å². The van der Waals surface area contributed by atoms with Crippen LogP contribution < -0.4 is 10.6 Å². The molecule has 3 aromatic rings. The number of hydrogen-bond acceptors (Lipinski definition) is 2. The quantitative estimate of drug-likeness (QED) is 0.639. The van der Waals surface area contributed by atoms with Crippen LogP contribution in [0.3, 0.4) is 0 Å². The van der Waals surface area contributed by atoms with Crippen LogP contribution >= 0.6 is 12.2 Å². The topological polar surface area (TPSA) is 41.9 Å². The lowest BCUT2D eigenvalue weighted by Crippen LogP contribution is -2.28. The van der Waals surface area contributed by atoms with Crippen molar-refractivity contribution < 1.29 is 4.39 Å². The molecule has 2 N–H and O–H groups in total. The standard InChI is InChI=1S/C21H23FN4S/c1-14-4-6-18(7-5-14)13-26-16(3)20(15(2)25-26)24-21(27)23-12-17-8-10-19(22)11-9-17/h4-11H,12-13H2,1-3H3,(H2,23,24,27). The fraction of sp³-hybridized carbons (Fsp3) is 0.238. The van der Waals surface area contributed by atoms with E-state index < -0.39 is 0 Å². The summed E-state index contributed by atoms with van der Waals surface area (Å²) in [5.41, 5.74) is 6.24.